The van der Waals surface area contributed by atoms with Crippen molar-refractivity contribution in [1.29, 1.82) is 0 Å². The maximum atomic E-state index is 14.2. The van der Waals surface area contributed by atoms with Crippen molar-refractivity contribution in [3.8, 4) is 5.69 Å². The van der Waals surface area contributed by atoms with Crippen LogP contribution in [0.1, 0.15) is 24.2 Å². The predicted octanol–water partition coefficient (Wildman–Crippen LogP) is 2.86. The van der Waals surface area contributed by atoms with Crippen LogP contribution in [0.5, 0.6) is 0 Å². The average Bonchev–Trinajstić information content (AvgIpc) is 3.10. The number of nitrogens with one attached hydrogen (secondary N) is 1. The Hall–Kier alpha value is -3.29. The van der Waals surface area contributed by atoms with Gasteiger partial charge in [0.15, 0.2) is 0 Å². The lowest BCUT2D eigenvalue weighted by Gasteiger charge is -2.32. The number of hydrogen-bond acceptors (Lipinski definition) is 3. The molecular weight excluding hydrogens is 390 g/mol. The monoisotopic (exact) mass is 412 g/mol. The summed E-state index contributed by atoms with van der Waals surface area (Å²) in [6.45, 7) is 1.12. The molecule has 0 unspecified atom stereocenters. The van der Waals surface area contributed by atoms with Crippen LogP contribution in [0.2, 0.25) is 0 Å². The maximum absolute atomic E-state index is 14.2. The Balaban J connectivity index is 1.39. The van der Waals surface area contributed by atoms with E-state index in [4.69, 9.17) is 0 Å². The molecule has 1 saturated heterocycles. The summed E-state index contributed by atoms with van der Waals surface area (Å²) in [5.41, 5.74) is 0.0893. The van der Waals surface area contributed by atoms with E-state index < -0.39 is 11.5 Å². The quantitative estimate of drug-likeness (QED) is 0.701. The molecule has 0 radical (unpaired) electrons. The van der Waals surface area contributed by atoms with Gasteiger partial charge in [0.25, 0.3) is 0 Å². The number of carbonyl (C=O) groups is 1. The molecule has 3 aromatic rings. The Morgan fingerprint density at radius 2 is 1.70 bits per heavy atom. The van der Waals surface area contributed by atoms with Crippen molar-refractivity contribution in [1.82, 2.24) is 19.7 Å². The number of carbonyl (C=O) groups excluding carboxylic acids is 1. The second kappa shape index (κ2) is 8.61. The van der Waals surface area contributed by atoms with Crippen molar-refractivity contribution >= 4 is 5.91 Å². The van der Waals surface area contributed by atoms with Crippen LogP contribution < -0.4 is 5.69 Å². The lowest BCUT2D eigenvalue weighted by Crippen LogP contribution is -2.40. The van der Waals surface area contributed by atoms with Crippen molar-refractivity contribution in [2.45, 2.75) is 25.7 Å². The number of likely N-dealkylation sites (tertiary alicyclic amines) is 1. The lowest BCUT2D eigenvalue weighted by atomic mass is 9.93. The van der Waals surface area contributed by atoms with Gasteiger partial charge in [0.05, 0.1) is 12.1 Å². The van der Waals surface area contributed by atoms with Crippen LogP contribution in [0.25, 0.3) is 5.69 Å². The van der Waals surface area contributed by atoms with Gasteiger partial charge in [-0.05, 0) is 42.5 Å². The van der Waals surface area contributed by atoms with Crippen LogP contribution in [-0.2, 0) is 17.6 Å². The van der Waals surface area contributed by atoms with Gasteiger partial charge in [0.2, 0.25) is 5.91 Å². The molecule has 1 aliphatic rings. The van der Waals surface area contributed by atoms with Gasteiger partial charge in [-0.3, -0.25) is 4.79 Å². The van der Waals surface area contributed by atoms with Gasteiger partial charge >= 0.3 is 5.69 Å². The van der Waals surface area contributed by atoms with Crippen LogP contribution in [-0.4, -0.2) is 38.7 Å². The SMILES string of the molecule is O=C(Cc1ccccc1F)N1CCC(Cc2n[nH]c(=O)n2-c2ccccc2F)CC1. The number of benzene rings is 2. The summed E-state index contributed by atoms with van der Waals surface area (Å²) in [6, 6.07) is 12.4. The van der Waals surface area contributed by atoms with E-state index in [9.17, 15) is 18.4 Å². The summed E-state index contributed by atoms with van der Waals surface area (Å²) >= 11 is 0. The Bertz CT molecular complexity index is 1100. The molecule has 0 aliphatic carbocycles. The van der Waals surface area contributed by atoms with E-state index in [2.05, 4.69) is 10.2 Å². The number of aromatic nitrogens is 3. The molecule has 0 saturated carbocycles. The molecule has 1 fully saturated rings. The van der Waals surface area contributed by atoms with Gasteiger partial charge in [-0.2, -0.15) is 5.10 Å². The molecule has 0 bridgehead atoms. The highest BCUT2D eigenvalue weighted by atomic mass is 19.1. The fourth-order valence-corrected chi connectivity index (χ4v) is 3.91. The summed E-state index contributed by atoms with van der Waals surface area (Å²) in [5, 5.41) is 6.49. The molecule has 1 aliphatic heterocycles. The summed E-state index contributed by atoms with van der Waals surface area (Å²) in [6.07, 6.45) is 2.02. The number of H-pyrrole nitrogens is 1. The molecule has 2 heterocycles. The van der Waals surface area contributed by atoms with Crippen LogP contribution in [0, 0.1) is 17.6 Å². The maximum Gasteiger partial charge on any atom is 0.348 e. The second-order valence-electron chi connectivity index (χ2n) is 7.53. The van der Waals surface area contributed by atoms with Crippen LogP contribution in [0.15, 0.2) is 53.3 Å². The van der Waals surface area contributed by atoms with E-state index in [0.29, 0.717) is 30.9 Å². The molecule has 1 amide bonds. The molecule has 8 heteroatoms. The molecule has 156 valence electrons. The van der Waals surface area contributed by atoms with Crippen molar-refractivity contribution in [2.24, 2.45) is 5.92 Å². The summed E-state index contributed by atoms with van der Waals surface area (Å²) in [7, 11) is 0. The van der Waals surface area contributed by atoms with Crippen molar-refractivity contribution in [3.05, 3.63) is 82.0 Å². The van der Waals surface area contributed by atoms with Crippen molar-refractivity contribution < 1.29 is 13.6 Å². The minimum Gasteiger partial charge on any atom is -0.342 e. The third kappa shape index (κ3) is 4.17. The normalized spacial score (nSPS) is 14.8. The standard InChI is InChI=1S/C22H22F2N4O2/c23-17-6-2-1-5-16(17)14-21(29)27-11-9-15(10-12-27)13-20-25-26-22(30)28(20)19-8-4-3-7-18(19)24/h1-8,15H,9-14H2,(H,26,30). The van der Waals surface area contributed by atoms with E-state index in [1.807, 2.05) is 0 Å². The number of halogens is 2. The zero-order valence-electron chi connectivity index (χ0n) is 16.4. The van der Waals surface area contributed by atoms with Crippen LogP contribution in [0.3, 0.4) is 0 Å². The van der Waals surface area contributed by atoms with Crippen molar-refractivity contribution in [2.75, 3.05) is 13.1 Å². The number of hydrogen-bond donors (Lipinski definition) is 1. The zero-order chi connectivity index (χ0) is 21.1. The molecule has 6 nitrogen and oxygen atoms in total. The first kappa shape index (κ1) is 20.0. The molecule has 0 atom stereocenters. The summed E-state index contributed by atoms with van der Waals surface area (Å²) < 4.78 is 29.2. The van der Waals surface area contributed by atoms with Gasteiger partial charge in [-0.15, -0.1) is 0 Å². The molecule has 4 rings (SSSR count). The highest BCUT2D eigenvalue weighted by Crippen LogP contribution is 2.23. The fraction of sp³-hybridized carbons (Fsp3) is 0.318. The third-order valence-corrected chi connectivity index (χ3v) is 5.57. The summed E-state index contributed by atoms with van der Waals surface area (Å²) in [5.74, 6) is -0.271. The Labute approximate surface area is 172 Å². The minimum absolute atomic E-state index is 0.0452. The number of para-hydroxylation sites is 1. The van der Waals surface area contributed by atoms with Gasteiger partial charge in [0, 0.05) is 19.5 Å². The minimum atomic E-state index is -0.490. The smallest absolute Gasteiger partial charge is 0.342 e. The predicted molar refractivity (Wildman–Crippen MR) is 107 cm³/mol. The molecule has 1 aromatic heterocycles. The lowest BCUT2D eigenvalue weighted by molar-refractivity contribution is -0.131. The Kier molecular flexibility index (Phi) is 5.74. The highest BCUT2D eigenvalue weighted by molar-refractivity contribution is 5.78. The first-order chi connectivity index (χ1) is 14.5. The van der Waals surface area contributed by atoms with Crippen LogP contribution >= 0.6 is 0 Å². The largest absolute Gasteiger partial charge is 0.348 e. The molecule has 2 aromatic carbocycles. The first-order valence-corrected chi connectivity index (χ1v) is 9.95. The van der Waals surface area contributed by atoms with Gasteiger partial charge < -0.3 is 4.90 Å². The van der Waals surface area contributed by atoms with Gasteiger partial charge in [0.1, 0.15) is 17.5 Å². The van der Waals surface area contributed by atoms with Crippen molar-refractivity contribution in [3.63, 3.8) is 0 Å². The second-order valence-corrected chi connectivity index (χ2v) is 7.53. The fourth-order valence-electron chi connectivity index (χ4n) is 3.91. The van der Waals surface area contributed by atoms with Gasteiger partial charge in [-0.1, -0.05) is 30.3 Å². The van der Waals surface area contributed by atoms with E-state index in [1.54, 1.807) is 41.3 Å². The molecular formula is C22H22F2N4O2. The number of nitrogens with zero attached hydrogens (tertiary/aromatic N) is 3. The Morgan fingerprint density at radius 1 is 1.03 bits per heavy atom. The summed E-state index contributed by atoms with van der Waals surface area (Å²) in [4.78, 5) is 26.4. The molecule has 1 N–H and O–H groups in total. The topological polar surface area (TPSA) is 71.0 Å². The highest BCUT2D eigenvalue weighted by Gasteiger charge is 2.25. The van der Waals surface area contributed by atoms with E-state index >= 15 is 0 Å². The van der Waals surface area contributed by atoms with E-state index in [-0.39, 0.29) is 29.8 Å². The molecule has 0 spiro atoms. The number of aromatic amines is 1. The Morgan fingerprint density at radius 3 is 2.40 bits per heavy atom. The number of amides is 1. The third-order valence-electron chi connectivity index (χ3n) is 5.57. The molecule has 30 heavy (non-hydrogen) atoms. The zero-order valence-corrected chi connectivity index (χ0v) is 16.4. The van der Waals surface area contributed by atoms with Crippen LogP contribution in [0.4, 0.5) is 8.78 Å². The first-order valence-electron chi connectivity index (χ1n) is 9.95. The number of rotatable bonds is 5. The van der Waals surface area contributed by atoms with E-state index in [1.165, 1.54) is 16.7 Å². The number of piperidine rings is 1. The van der Waals surface area contributed by atoms with Gasteiger partial charge in [-0.25, -0.2) is 23.2 Å². The average molecular weight is 412 g/mol. The van der Waals surface area contributed by atoms with E-state index in [0.717, 1.165) is 12.8 Å².